The van der Waals surface area contributed by atoms with Crippen LogP contribution in [0.5, 0.6) is 5.75 Å². The van der Waals surface area contributed by atoms with Crippen LogP contribution in [0.25, 0.3) is 33.6 Å². The minimum Gasteiger partial charge on any atom is -0.497 e. The number of benzene rings is 3. The van der Waals surface area contributed by atoms with Crippen LogP contribution >= 0.6 is 0 Å². The summed E-state index contributed by atoms with van der Waals surface area (Å²) in [5, 5.41) is 20.6. The number of hydrogen-bond donors (Lipinski definition) is 1. The Morgan fingerprint density at radius 2 is 1.88 bits per heavy atom. The molecule has 5 rings (SSSR count). The number of hydrogen-bond acceptors (Lipinski definition) is 4. The first-order chi connectivity index (χ1) is 16.6. The number of rotatable bonds is 5. The molecule has 6 heteroatoms. The fourth-order valence-corrected chi connectivity index (χ4v) is 4.32. The molecule has 1 N–H and O–H groups in total. The third-order valence-electron chi connectivity index (χ3n) is 6.10. The highest BCUT2D eigenvalue weighted by molar-refractivity contribution is 5.99. The number of aromatic amines is 1. The van der Waals surface area contributed by atoms with E-state index in [0.717, 1.165) is 44.5 Å². The van der Waals surface area contributed by atoms with Gasteiger partial charge in [0.2, 0.25) is 0 Å². The summed E-state index contributed by atoms with van der Waals surface area (Å²) in [5.41, 5.74) is 6.65. The zero-order chi connectivity index (χ0) is 23.7. The number of methoxy groups -OCH3 is 1. The first kappa shape index (κ1) is 21.1. The molecule has 34 heavy (non-hydrogen) atoms. The molecule has 2 heterocycles. The Morgan fingerprint density at radius 3 is 2.68 bits per heavy atom. The predicted molar refractivity (Wildman–Crippen MR) is 133 cm³/mol. The number of nitrogens with zero attached hydrogens (tertiary/aromatic N) is 4. The van der Waals surface area contributed by atoms with E-state index >= 15 is 0 Å². The lowest BCUT2D eigenvalue weighted by Crippen LogP contribution is -2.03. The minimum absolute atomic E-state index is 0.443. The molecule has 164 valence electrons. The highest BCUT2D eigenvalue weighted by atomic mass is 16.5. The zero-order valence-electron chi connectivity index (χ0n) is 18.8. The van der Waals surface area contributed by atoms with Gasteiger partial charge >= 0.3 is 0 Å². The van der Waals surface area contributed by atoms with Gasteiger partial charge in [-0.05, 0) is 42.8 Å². The van der Waals surface area contributed by atoms with Crippen molar-refractivity contribution >= 4 is 33.6 Å². The van der Waals surface area contributed by atoms with Crippen molar-refractivity contribution in [3.05, 3.63) is 94.9 Å². The van der Waals surface area contributed by atoms with Crippen LogP contribution in [0.15, 0.2) is 66.7 Å². The van der Waals surface area contributed by atoms with Crippen LogP contribution in [-0.2, 0) is 6.54 Å². The van der Waals surface area contributed by atoms with Gasteiger partial charge < -0.3 is 14.3 Å². The maximum absolute atomic E-state index is 9.99. The van der Waals surface area contributed by atoms with Crippen LogP contribution in [0, 0.1) is 29.6 Å². The van der Waals surface area contributed by atoms with Crippen molar-refractivity contribution in [3.8, 4) is 17.9 Å². The molecule has 2 aromatic heterocycles. The number of aromatic nitrogens is 3. The second-order valence-electron chi connectivity index (χ2n) is 8.01. The average molecular weight is 444 g/mol. The predicted octanol–water partition coefficient (Wildman–Crippen LogP) is 5.82. The molecule has 0 bridgehead atoms. The third-order valence-corrected chi connectivity index (χ3v) is 6.10. The highest BCUT2D eigenvalue weighted by Crippen LogP contribution is 2.31. The van der Waals surface area contributed by atoms with Gasteiger partial charge in [-0.3, -0.25) is 0 Å². The lowest BCUT2D eigenvalue weighted by Gasteiger charge is -2.10. The van der Waals surface area contributed by atoms with E-state index < -0.39 is 0 Å². The molecular weight excluding hydrogens is 422 g/mol. The number of para-hydroxylation sites is 1. The Kier molecular flexibility index (Phi) is 5.33. The maximum Gasteiger partial charge on any atom is 0.149 e. The van der Waals surface area contributed by atoms with Crippen LogP contribution in [0.4, 0.5) is 0 Å². The number of nitriles is 2. The Hall–Kier alpha value is -4.81. The Balaban J connectivity index is 1.64. The third kappa shape index (κ3) is 3.58. The van der Waals surface area contributed by atoms with Crippen molar-refractivity contribution in [2.45, 2.75) is 13.5 Å². The van der Waals surface area contributed by atoms with Gasteiger partial charge in [0, 0.05) is 34.8 Å². The standard InChI is InChI=1S/C28H21N5O/c1-18-24(13-21(16-30)28-31-25-12-11-22(34-2)14-26(25)32-28)23-9-5-6-10-27(23)33(18)17-20-8-4-3-7-19(20)15-29/h3-14H,17H2,1-2H3,(H,31,32)/b21-13-. The molecule has 3 aromatic carbocycles. The van der Waals surface area contributed by atoms with Gasteiger partial charge in [0.15, 0.2) is 0 Å². The van der Waals surface area contributed by atoms with Crippen molar-refractivity contribution in [2.75, 3.05) is 7.11 Å². The quantitative estimate of drug-likeness (QED) is 0.347. The number of allylic oxidation sites excluding steroid dienone is 1. The summed E-state index contributed by atoms with van der Waals surface area (Å²) in [7, 11) is 1.62. The molecule has 6 nitrogen and oxygen atoms in total. The second kappa shape index (κ2) is 8.61. The van der Waals surface area contributed by atoms with E-state index in [1.165, 1.54) is 0 Å². The van der Waals surface area contributed by atoms with Crippen LogP contribution in [0.2, 0.25) is 0 Å². The van der Waals surface area contributed by atoms with Gasteiger partial charge in [-0.25, -0.2) is 4.98 Å². The monoisotopic (exact) mass is 443 g/mol. The average Bonchev–Trinajstić information content (AvgIpc) is 3.41. The van der Waals surface area contributed by atoms with Crippen LogP contribution < -0.4 is 4.74 Å². The van der Waals surface area contributed by atoms with Crippen molar-refractivity contribution in [1.82, 2.24) is 14.5 Å². The molecule has 0 saturated heterocycles. The molecule has 0 radical (unpaired) electrons. The van der Waals surface area contributed by atoms with E-state index in [1.807, 2.05) is 67.6 Å². The number of ether oxygens (including phenoxy) is 1. The molecule has 0 atom stereocenters. The first-order valence-corrected chi connectivity index (χ1v) is 10.8. The normalized spacial score (nSPS) is 11.5. The fraction of sp³-hybridized carbons (Fsp3) is 0.107. The van der Waals surface area contributed by atoms with Crippen molar-refractivity contribution in [1.29, 1.82) is 10.5 Å². The molecule has 0 saturated carbocycles. The number of imidazole rings is 1. The first-order valence-electron chi connectivity index (χ1n) is 10.8. The Labute approximate surface area is 197 Å². The summed E-state index contributed by atoms with van der Waals surface area (Å²) in [6.45, 7) is 2.61. The maximum atomic E-state index is 9.99. The van der Waals surface area contributed by atoms with Gasteiger partial charge in [-0.1, -0.05) is 36.4 Å². The van der Waals surface area contributed by atoms with Crippen molar-refractivity contribution in [3.63, 3.8) is 0 Å². The van der Waals surface area contributed by atoms with Crippen LogP contribution in [0.1, 0.15) is 28.2 Å². The van der Waals surface area contributed by atoms with Gasteiger partial charge in [0.05, 0.1) is 35.3 Å². The largest absolute Gasteiger partial charge is 0.497 e. The SMILES string of the molecule is COc1ccc2nc(/C(C#N)=C\c3c(C)n(Cc4ccccc4C#N)c4ccccc34)[nH]c2c1. The lowest BCUT2D eigenvalue weighted by molar-refractivity contribution is 0.415. The molecule has 0 aliphatic carbocycles. The Morgan fingerprint density at radius 1 is 1.09 bits per heavy atom. The molecule has 0 fully saturated rings. The van der Waals surface area contributed by atoms with E-state index in [4.69, 9.17) is 4.74 Å². The summed E-state index contributed by atoms with van der Waals surface area (Å²) >= 11 is 0. The van der Waals surface area contributed by atoms with Crippen LogP contribution in [0.3, 0.4) is 0 Å². The summed E-state index contributed by atoms with van der Waals surface area (Å²) in [5.74, 6) is 1.23. The molecule has 0 aliphatic rings. The molecule has 0 aliphatic heterocycles. The molecule has 0 amide bonds. The zero-order valence-corrected chi connectivity index (χ0v) is 18.8. The van der Waals surface area contributed by atoms with E-state index in [9.17, 15) is 10.5 Å². The van der Waals surface area contributed by atoms with Crippen molar-refractivity contribution in [2.24, 2.45) is 0 Å². The minimum atomic E-state index is 0.443. The fourth-order valence-electron chi connectivity index (χ4n) is 4.32. The lowest BCUT2D eigenvalue weighted by atomic mass is 10.1. The summed E-state index contributed by atoms with van der Waals surface area (Å²) < 4.78 is 7.49. The summed E-state index contributed by atoms with van der Waals surface area (Å²) in [4.78, 5) is 7.86. The number of H-pyrrole nitrogens is 1. The van der Waals surface area contributed by atoms with E-state index in [0.29, 0.717) is 23.5 Å². The second-order valence-corrected chi connectivity index (χ2v) is 8.01. The highest BCUT2D eigenvalue weighted by Gasteiger charge is 2.16. The van der Waals surface area contributed by atoms with Crippen molar-refractivity contribution < 1.29 is 4.74 Å². The topological polar surface area (TPSA) is 90.4 Å². The molecule has 0 unspecified atom stereocenters. The van der Waals surface area contributed by atoms with Gasteiger partial charge in [-0.15, -0.1) is 0 Å². The molecular formula is C28H21N5O. The van der Waals surface area contributed by atoms with E-state index in [2.05, 4.69) is 38.8 Å². The van der Waals surface area contributed by atoms with Crippen LogP contribution in [-0.4, -0.2) is 21.6 Å². The Bertz CT molecular complexity index is 1660. The number of nitrogens with one attached hydrogen (secondary N) is 1. The smallest absolute Gasteiger partial charge is 0.149 e. The van der Waals surface area contributed by atoms with Gasteiger partial charge in [0.25, 0.3) is 0 Å². The molecule has 0 spiro atoms. The van der Waals surface area contributed by atoms with Gasteiger partial charge in [-0.2, -0.15) is 10.5 Å². The summed E-state index contributed by atoms with van der Waals surface area (Å²) in [6, 6.07) is 25.9. The van der Waals surface area contributed by atoms with Gasteiger partial charge in [0.1, 0.15) is 17.6 Å². The number of fused-ring (bicyclic) bond motifs is 2. The van der Waals surface area contributed by atoms with E-state index in [1.54, 1.807) is 7.11 Å². The molecule has 5 aromatic rings. The van der Waals surface area contributed by atoms with E-state index in [-0.39, 0.29) is 0 Å². The summed E-state index contributed by atoms with van der Waals surface area (Å²) in [6.07, 6.45) is 1.89.